The standard InChI is InChI=1S/C15H11BrF2O/c1-9-5-6-11(17)7-10(9)8-14(19)15-12(16)3-2-4-13(15)18/h2-7H,8H2,1H3. The van der Waals surface area contributed by atoms with Gasteiger partial charge in [0.15, 0.2) is 5.78 Å². The normalized spacial score (nSPS) is 10.5. The summed E-state index contributed by atoms with van der Waals surface area (Å²) in [6.07, 6.45) is -0.0247. The number of hydrogen-bond acceptors (Lipinski definition) is 1. The van der Waals surface area contributed by atoms with Crippen molar-refractivity contribution in [3.05, 3.63) is 69.2 Å². The summed E-state index contributed by atoms with van der Waals surface area (Å²) in [7, 11) is 0. The van der Waals surface area contributed by atoms with Crippen molar-refractivity contribution >= 4 is 21.7 Å². The van der Waals surface area contributed by atoms with Gasteiger partial charge in [-0.3, -0.25) is 4.79 Å². The molecule has 4 heteroatoms. The molecule has 2 rings (SSSR count). The molecule has 0 aromatic heterocycles. The van der Waals surface area contributed by atoms with Gasteiger partial charge >= 0.3 is 0 Å². The van der Waals surface area contributed by atoms with E-state index in [0.29, 0.717) is 10.0 Å². The van der Waals surface area contributed by atoms with Gasteiger partial charge in [0.25, 0.3) is 0 Å². The first kappa shape index (κ1) is 13.9. The topological polar surface area (TPSA) is 17.1 Å². The van der Waals surface area contributed by atoms with Crippen LogP contribution in [0.5, 0.6) is 0 Å². The average molecular weight is 325 g/mol. The van der Waals surface area contributed by atoms with Crippen molar-refractivity contribution in [2.24, 2.45) is 0 Å². The highest BCUT2D eigenvalue weighted by Gasteiger charge is 2.16. The molecule has 0 amide bonds. The molecule has 19 heavy (non-hydrogen) atoms. The number of aryl methyl sites for hydroxylation is 1. The first-order valence-electron chi connectivity index (χ1n) is 5.71. The second kappa shape index (κ2) is 5.61. The van der Waals surface area contributed by atoms with Gasteiger partial charge in [0.05, 0.1) is 5.56 Å². The van der Waals surface area contributed by atoms with E-state index in [-0.39, 0.29) is 17.8 Å². The van der Waals surface area contributed by atoms with Gasteiger partial charge in [-0.1, -0.05) is 12.1 Å². The number of ketones is 1. The fourth-order valence-corrected chi connectivity index (χ4v) is 2.42. The molecule has 0 atom stereocenters. The van der Waals surface area contributed by atoms with Crippen LogP contribution in [0.25, 0.3) is 0 Å². The van der Waals surface area contributed by atoms with Gasteiger partial charge in [-0.05, 0) is 58.2 Å². The molecule has 2 aromatic rings. The number of carbonyl (C=O) groups excluding carboxylic acids is 1. The quantitative estimate of drug-likeness (QED) is 0.762. The van der Waals surface area contributed by atoms with Gasteiger partial charge in [0.1, 0.15) is 11.6 Å². The fraction of sp³-hybridized carbons (Fsp3) is 0.133. The average Bonchev–Trinajstić information content (AvgIpc) is 2.33. The van der Waals surface area contributed by atoms with Crippen LogP contribution < -0.4 is 0 Å². The van der Waals surface area contributed by atoms with Crippen molar-refractivity contribution in [3.63, 3.8) is 0 Å². The van der Waals surface area contributed by atoms with Crippen molar-refractivity contribution in [2.45, 2.75) is 13.3 Å². The highest BCUT2D eigenvalue weighted by molar-refractivity contribution is 9.10. The van der Waals surface area contributed by atoms with Gasteiger partial charge in [-0.15, -0.1) is 0 Å². The van der Waals surface area contributed by atoms with Crippen molar-refractivity contribution in [3.8, 4) is 0 Å². The highest BCUT2D eigenvalue weighted by atomic mass is 79.9. The Morgan fingerprint density at radius 3 is 2.63 bits per heavy atom. The van der Waals surface area contributed by atoms with E-state index in [1.807, 2.05) is 0 Å². The predicted octanol–water partition coefficient (Wildman–Crippen LogP) is 4.46. The molecule has 0 spiro atoms. The number of benzene rings is 2. The number of halogens is 3. The molecule has 2 aromatic carbocycles. The van der Waals surface area contributed by atoms with Crippen LogP contribution >= 0.6 is 15.9 Å². The third-order valence-corrected chi connectivity index (χ3v) is 3.56. The second-order valence-electron chi connectivity index (χ2n) is 4.27. The monoisotopic (exact) mass is 324 g/mol. The fourth-order valence-electron chi connectivity index (χ4n) is 1.86. The van der Waals surface area contributed by atoms with Crippen molar-refractivity contribution in [1.82, 2.24) is 0 Å². The van der Waals surface area contributed by atoms with Gasteiger partial charge < -0.3 is 0 Å². The summed E-state index contributed by atoms with van der Waals surface area (Å²) < 4.78 is 27.2. The van der Waals surface area contributed by atoms with Crippen LogP contribution in [0.2, 0.25) is 0 Å². The summed E-state index contributed by atoms with van der Waals surface area (Å²) in [5.41, 5.74) is 1.38. The maximum atomic E-state index is 13.7. The summed E-state index contributed by atoms with van der Waals surface area (Å²) in [6.45, 7) is 1.79. The minimum absolute atomic E-state index is 0.00570. The molecule has 0 unspecified atom stereocenters. The zero-order valence-corrected chi connectivity index (χ0v) is 11.8. The number of rotatable bonds is 3. The smallest absolute Gasteiger partial charge is 0.171 e. The Morgan fingerprint density at radius 1 is 1.21 bits per heavy atom. The van der Waals surface area contributed by atoms with Gasteiger partial charge in [-0.2, -0.15) is 0 Å². The number of hydrogen-bond donors (Lipinski definition) is 0. The molecule has 1 nitrogen and oxygen atoms in total. The lowest BCUT2D eigenvalue weighted by Gasteiger charge is -2.07. The minimum Gasteiger partial charge on any atom is -0.294 e. The summed E-state index contributed by atoms with van der Waals surface area (Å²) in [5, 5.41) is 0. The van der Waals surface area contributed by atoms with Gasteiger partial charge in [0.2, 0.25) is 0 Å². The minimum atomic E-state index is -0.576. The van der Waals surface area contributed by atoms with E-state index in [0.717, 1.165) is 5.56 Å². The first-order chi connectivity index (χ1) is 8.99. The SMILES string of the molecule is Cc1ccc(F)cc1CC(=O)c1c(F)cccc1Br. The molecule has 0 aliphatic heterocycles. The van der Waals surface area contributed by atoms with Crippen molar-refractivity contribution in [1.29, 1.82) is 0 Å². The van der Waals surface area contributed by atoms with Crippen molar-refractivity contribution in [2.75, 3.05) is 0 Å². The third kappa shape index (κ3) is 3.07. The largest absolute Gasteiger partial charge is 0.294 e. The summed E-state index contributed by atoms with van der Waals surface area (Å²) in [5.74, 6) is -1.35. The van der Waals surface area contributed by atoms with E-state index in [1.165, 1.54) is 24.3 Å². The molecule has 0 bridgehead atoms. The second-order valence-corrected chi connectivity index (χ2v) is 5.12. The van der Waals surface area contributed by atoms with Crippen LogP contribution in [0.1, 0.15) is 21.5 Å². The van der Waals surface area contributed by atoms with E-state index < -0.39 is 11.6 Å². The Balaban J connectivity index is 2.34. The Hall–Kier alpha value is -1.55. The van der Waals surface area contributed by atoms with Crippen LogP contribution in [0, 0.1) is 18.6 Å². The summed E-state index contributed by atoms with van der Waals surface area (Å²) in [4.78, 5) is 12.1. The molecule has 0 heterocycles. The lowest BCUT2D eigenvalue weighted by Crippen LogP contribution is -2.08. The van der Waals surface area contributed by atoms with Gasteiger partial charge in [-0.25, -0.2) is 8.78 Å². The predicted molar refractivity (Wildman–Crippen MR) is 73.3 cm³/mol. The van der Waals surface area contributed by atoms with E-state index >= 15 is 0 Å². The maximum absolute atomic E-state index is 13.7. The zero-order chi connectivity index (χ0) is 14.0. The zero-order valence-electron chi connectivity index (χ0n) is 10.2. The number of Topliss-reactive ketones (excluding diaryl/α,β-unsaturated/α-hetero) is 1. The molecule has 0 aliphatic carbocycles. The van der Waals surface area contributed by atoms with Crippen LogP contribution in [0.15, 0.2) is 40.9 Å². The maximum Gasteiger partial charge on any atom is 0.171 e. The van der Waals surface area contributed by atoms with Crippen LogP contribution in [0.3, 0.4) is 0 Å². The first-order valence-corrected chi connectivity index (χ1v) is 6.50. The Labute approximate surface area is 118 Å². The Bertz CT molecular complexity index is 618. The number of carbonyl (C=O) groups is 1. The van der Waals surface area contributed by atoms with Crippen LogP contribution in [0.4, 0.5) is 8.78 Å². The summed E-state index contributed by atoms with van der Waals surface area (Å²) >= 11 is 3.16. The van der Waals surface area contributed by atoms with Gasteiger partial charge in [0, 0.05) is 10.9 Å². The van der Waals surface area contributed by atoms with Crippen molar-refractivity contribution < 1.29 is 13.6 Å². The van der Waals surface area contributed by atoms with Crippen LogP contribution in [-0.4, -0.2) is 5.78 Å². The van der Waals surface area contributed by atoms with E-state index in [4.69, 9.17) is 0 Å². The molecule has 0 saturated heterocycles. The van der Waals surface area contributed by atoms with E-state index in [1.54, 1.807) is 19.1 Å². The Kier molecular flexibility index (Phi) is 4.10. The lowest BCUT2D eigenvalue weighted by atomic mass is 9.99. The molecule has 0 radical (unpaired) electrons. The van der Waals surface area contributed by atoms with E-state index in [2.05, 4.69) is 15.9 Å². The molecular weight excluding hydrogens is 314 g/mol. The molecule has 0 aliphatic rings. The molecule has 0 N–H and O–H groups in total. The van der Waals surface area contributed by atoms with Crippen LogP contribution in [-0.2, 0) is 6.42 Å². The molecule has 98 valence electrons. The highest BCUT2D eigenvalue weighted by Crippen LogP contribution is 2.22. The molecular formula is C15H11BrF2O. The third-order valence-electron chi connectivity index (χ3n) is 2.90. The Morgan fingerprint density at radius 2 is 1.95 bits per heavy atom. The van der Waals surface area contributed by atoms with E-state index in [9.17, 15) is 13.6 Å². The lowest BCUT2D eigenvalue weighted by molar-refractivity contribution is 0.0988. The summed E-state index contributed by atoms with van der Waals surface area (Å²) in [6, 6.07) is 8.60. The molecule has 0 fully saturated rings. The molecule has 0 saturated carbocycles.